The van der Waals surface area contributed by atoms with Crippen LogP contribution in [0.5, 0.6) is 0 Å². The number of nitrogens with zero attached hydrogens (tertiary/aromatic N) is 3. The summed E-state index contributed by atoms with van der Waals surface area (Å²) in [4.78, 5) is 13.7. The van der Waals surface area contributed by atoms with Gasteiger partial charge in [0.15, 0.2) is 0 Å². The molecule has 2 bridgehead atoms. The monoisotopic (exact) mass is 459 g/mol. The molecule has 10 heteroatoms. The van der Waals surface area contributed by atoms with Gasteiger partial charge in [0.2, 0.25) is 17.8 Å². The number of hydrogen-bond acceptors (Lipinski definition) is 9. The van der Waals surface area contributed by atoms with Crippen molar-refractivity contribution >= 4 is 17.8 Å². The van der Waals surface area contributed by atoms with Crippen LogP contribution in [-0.4, -0.2) is 60.5 Å². The summed E-state index contributed by atoms with van der Waals surface area (Å²) in [5, 5.41) is 9.98. The maximum atomic E-state index is 13.2. The molecule has 4 rings (SSSR count). The Labute approximate surface area is 194 Å². The van der Waals surface area contributed by atoms with E-state index >= 15 is 0 Å². The lowest BCUT2D eigenvalue weighted by Crippen LogP contribution is -2.27. The van der Waals surface area contributed by atoms with E-state index in [-0.39, 0.29) is 5.82 Å². The van der Waals surface area contributed by atoms with Crippen molar-refractivity contribution in [1.82, 2.24) is 15.0 Å². The number of hydrogen-bond donors (Lipinski definition) is 4. The number of fused-ring (bicyclic) bond motifs is 2. The van der Waals surface area contributed by atoms with Crippen molar-refractivity contribution in [3.63, 3.8) is 0 Å². The average molecular weight is 460 g/mol. The van der Waals surface area contributed by atoms with Crippen molar-refractivity contribution in [1.29, 1.82) is 0 Å². The van der Waals surface area contributed by atoms with Crippen LogP contribution in [-0.2, 0) is 16.0 Å². The van der Waals surface area contributed by atoms with Gasteiger partial charge in [-0.25, -0.2) is 4.39 Å². The van der Waals surface area contributed by atoms with E-state index in [2.05, 4.69) is 30.9 Å². The molecule has 0 aliphatic heterocycles. The van der Waals surface area contributed by atoms with E-state index in [1.165, 1.54) is 37.8 Å². The number of aromatic nitrogens is 3. The number of nitrogens with one attached hydrogen (secondary N) is 3. The topological polar surface area (TPSA) is 119 Å². The molecule has 0 saturated heterocycles. The van der Waals surface area contributed by atoms with E-state index in [1.54, 1.807) is 12.1 Å². The fraction of sp³-hybridized carbons (Fsp3) is 0.609. The van der Waals surface area contributed by atoms with E-state index in [4.69, 9.17) is 15.2 Å². The third-order valence-electron chi connectivity index (χ3n) is 6.22. The lowest BCUT2D eigenvalue weighted by Gasteiger charge is -2.23. The Morgan fingerprint density at radius 2 is 1.61 bits per heavy atom. The smallest absolute Gasteiger partial charge is 0.229 e. The summed E-state index contributed by atoms with van der Waals surface area (Å²) in [6.45, 7) is 3.65. The lowest BCUT2D eigenvalue weighted by molar-refractivity contribution is 0.0547. The van der Waals surface area contributed by atoms with Gasteiger partial charge >= 0.3 is 0 Å². The van der Waals surface area contributed by atoms with Crippen LogP contribution in [0.1, 0.15) is 31.2 Å². The van der Waals surface area contributed by atoms with Crippen molar-refractivity contribution in [3.05, 3.63) is 35.6 Å². The molecule has 2 aromatic rings. The molecule has 5 N–H and O–H groups in total. The maximum absolute atomic E-state index is 13.2. The van der Waals surface area contributed by atoms with Crippen molar-refractivity contribution < 1.29 is 13.9 Å². The predicted octanol–water partition coefficient (Wildman–Crippen LogP) is 2.63. The second-order valence-electron chi connectivity index (χ2n) is 8.65. The fourth-order valence-electron chi connectivity index (χ4n) is 4.61. The average Bonchev–Trinajstić information content (AvgIpc) is 3.44. The Morgan fingerprint density at radius 3 is 2.30 bits per heavy atom. The molecule has 2 aliphatic carbocycles. The first-order chi connectivity index (χ1) is 16.2. The van der Waals surface area contributed by atoms with Gasteiger partial charge in [-0.3, -0.25) is 0 Å². The van der Waals surface area contributed by atoms with Gasteiger partial charge in [-0.05, 0) is 48.8 Å². The second kappa shape index (κ2) is 12.1. The predicted molar refractivity (Wildman–Crippen MR) is 126 cm³/mol. The zero-order valence-corrected chi connectivity index (χ0v) is 18.9. The van der Waals surface area contributed by atoms with Gasteiger partial charge in [0.05, 0.1) is 26.4 Å². The molecule has 33 heavy (non-hydrogen) atoms. The van der Waals surface area contributed by atoms with Crippen molar-refractivity contribution in [2.24, 2.45) is 17.6 Å². The molecule has 0 radical (unpaired) electrons. The van der Waals surface area contributed by atoms with Gasteiger partial charge in [-0.2, -0.15) is 15.0 Å². The normalized spacial score (nSPS) is 21.3. The Balaban J connectivity index is 1.33. The summed E-state index contributed by atoms with van der Waals surface area (Å²) < 4.78 is 24.0. The Kier molecular flexibility index (Phi) is 8.62. The molecule has 1 heterocycles. The molecule has 2 saturated carbocycles. The largest absolute Gasteiger partial charge is 0.378 e. The molecule has 2 aliphatic rings. The number of rotatable bonds is 14. The highest BCUT2D eigenvalue weighted by molar-refractivity contribution is 5.43. The third-order valence-corrected chi connectivity index (χ3v) is 6.22. The molecule has 3 unspecified atom stereocenters. The third kappa shape index (κ3) is 7.21. The van der Waals surface area contributed by atoms with Gasteiger partial charge in [-0.1, -0.05) is 18.6 Å². The molecule has 2 fully saturated rings. The summed E-state index contributed by atoms with van der Waals surface area (Å²) in [6.07, 6.45) is 5.10. The number of anilines is 3. The molecular formula is C23H34FN7O2. The number of halogens is 1. The Hall–Kier alpha value is -2.56. The SMILES string of the molecule is NCCOCCOCCNc1nc(NCc2ccc(F)cc2)nc(NC2CC3CCC2C3)n1. The quantitative estimate of drug-likeness (QED) is 0.316. The molecule has 3 atom stereocenters. The Morgan fingerprint density at radius 1 is 0.879 bits per heavy atom. The molecule has 9 nitrogen and oxygen atoms in total. The van der Waals surface area contributed by atoms with E-state index < -0.39 is 0 Å². The van der Waals surface area contributed by atoms with E-state index in [9.17, 15) is 4.39 Å². The van der Waals surface area contributed by atoms with Crippen molar-refractivity contribution in [2.45, 2.75) is 38.3 Å². The number of nitrogens with two attached hydrogens (primary N) is 1. The Bertz CT molecular complexity index is 870. The van der Waals surface area contributed by atoms with Gasteiger partial charge in [0.1, 0.15) is 5.82 Å². The highest BCUT2D eigenvalue weighted by Crippen LogP contribution is 2.45. The highest BCUT2D eigenvalue weighted by atomic mass is 19.1. The number of benzene rings is 1. The van der Waals surface area contributed by atoms with Gasteiger partial charge < -0.3 is 31.2 Å². The number of ether oxygens (including phenoxy) is 2. The van der Waals surface area contributed by atoms with E-state index in [1.807, 2.05) is 0 Å². The molecule has 180 valence electrons. The molecular weight excluding hydrogens is 425 g/mol. The van der Waals surface area contributed by atoms with Crippen LogP contribution < -0.4 is 21.7 Å². The van der Waals surface area contributed by atoms with Crippen LogP contribution in [0.4, 0.5) is 22.2 Å². The van der Waals surface area contributed by atoms with Crippen LogP contribution in [0.3, 0.4) is 0 Å². The minimum absolute atomic E-state index is 0.254. The second-order valence-corrected chi connectivity index (χ2v) is 8.65. The summed E-state index contributed by atoms with van der Waals surface area (Å²) in [7, 11) is 0. The zero-order chi connectivity index (χ0) is 22.9. The van der Waals surface area contributed by atoms with Gasteiger partial charge in [0.25, 0.3) is 0 Å². The fourth-order valence-corrected chi connectivity index (χ4v) is 4.61. The molecule has 0 spiro atoms. The first-order valence-electron chi connectivity index (χ1n) is 11.8. The van der Waals surface area contributed by atoms with Crippen LogP contribution >= 0.6 is 0 Å². The zero-order valence-electron chi connectivity index (χ0n) is 18.9. The van der Waals surface area contributed by atoms with Crippen LogP contribution in [0.15, 0.2) is 24.3 Å². The van der Waals surface area contributed by atoms with Crippen LogP contribution in [0, 0.1) is 17.7 Å². The minimum atomic E-state index is -0.254. The summed E-state index contributed by atoms with van der Waals surface area (Å²) in [5.41, 5.74) is 6.33. The van der Waals surface area contributed by atoms with Crippen LogP contribution in [0.2, 0.25) is 0 Å². The summed E-state index contributed by atoms with van der Waals surface area (Å²) in [5.74, 6) is 2.81. The first kappa shape index (κ1) is 23.6. The highest BCUT2D eigenvalue weighted by Gasteiger charge is 2.39. The lowest BCUT2D eigenvalue weighted by atomic mass is 9.95. The molecule has 1 aromatic heterocycles. The summed E-state index contributed by atoms with van der Waals surface area (Å²) >= 11 is 0. The van der Waals surface area contributed by atoms with Gasteiger partial charge in [-0.15, -0.1) is 0 Å². The van der Waals surface area contributed by atoms with Crippen LogP contribution in [0.25, 0.3) is 0 Å². The van der Waals surface area contributed by atoms with E-state index in [0.717, 1.165) is 11.5 Å². The molecule has 0 amide bonds. The van der Waals surface area contributed by atoms with Gasteiger partial charge in [0, 0.05) is 25.7 Å². The van der Waals surface area contributed by atoms with Crippen molar-refractivity contribution in [2.75, 3.05) is 55.5 Å². The maximum Gasteiger partial charge on any atom is 0.229 e. The molecule has 1 aromatic carbocycles. The van der Waals surface area contributed by atoms with Crippen molar-refractivity contribution in [3.8, 4) is 0 Å². The standard InChI is InChI=1S/C23H34FN7O2/c24-19-5-2-16(3-6-19)15-27-22-29-21(26-8-10-33-12-11-32-9-7-25)30-23(31-22)28-20-14-17-1-4-18(20)13-17/h2-3,5-6,17-18,20H,1,4,7-15,25H2,(H3,26,27,28,29,30,31). The first-order valence-corrected chi connectivity index (χ1v) is 11.8. The minimum Gasteiger partial charge on any atom is -0.378 e. The van der Waals surface area contributed by atoms with E-state index in [0.29, 0.717) is 75.9 Å². The summed E-state index contributed by atoms with van der Waals surface area (Å²) in [6, 6.07) is 6.79.